The lowest BCUT2D eigenvalue weighted by Gasteiger charge is -2.28. The van der Waals surface area contributed by atoms with Gasteiger partial charge in [-0.2, -0.15) is 0 Å². The molecule has 0 saturated carbocycles. The molecule has 0 radical (unpaired) electrons. The van der Waals surface area contributed by atoms with Gasteiger partial charge in [-0.05, 0) is 51.9 Å². The van der Waals surface area contributed by atoms with Crippen molar-refractivity contribution in [1.82, 2.24) is 10.6 Å². The second-order valence-electron chi connectivity index (χ2n) is 12.1. The summed E-state index contributed by atoms with van der Waals surface area (Å²) in [5, 5.41) is 6.41. The van der Waals surface area contributed by atoms with E-state index < -0.39 is 29.0 Å². The maximum Gasteiger partial charge on any atom is 0.312 e. The summed E-state index contributed by atoms with van der Waals surface area (Å²) in [6.45, 7) is 13.2. The SMILES string of the molecule is CC(C)[C@H](CC(=O)CCCCC(C)(C)OC(=O)C(CBr)CBr)C(=O)N[C@@H](CCCNC(N)=O)C(=O)C(C)(C)C. The van der Waals surface area contributed by atoms with Gasteiger partial charge >= 0.3 is 12.0 Å². The number of carbonyl (C=O) groups excluding carboxylic acids is 5. The molecule has 9 nitrogen and oxygen atoms in total. The fraction of sp³-hybridized carbons (Fsp3) is 0.821. The molecular weight excluding hydrogens is 634 g/mol. The lowest BCUT2D eigenvalue weighted by molar-refractivity contribution is -0.160. The minimum Gasteiger partial charge on any atom is -0.459 e. The van der Waals surface area contributed by atoms with Gasteiger partial charge in [0.05, 0.1) is 12.0 Å². The van der Waals surface area contributed by atoms with E-state index in [1.807, 2.05) is 27.7 Å². The van der Waals surface area contributed by atoms with Gasteiger partial charge in [0, 0.05) is 41.4 Å². The number of unbranched alkanes of at least 4 members (excludes halogenated alkanes) is 1. The molecule has 0 aromatic carbocycles. The third kappa shape index (κ3) is 15.8. The number of ether oxygens (including phenoxy) is 1. The van der Waals surface area contributed by atoms with Crippen LogP contribution in [-0.2, 0) is 23.9 Å². The number of hydrogen-bond donors (Lipinski definition) is 3. The minimum absolute atomic E-state index is 0.0124. The van der Waals surface area contributed by atoms with Crippen LogP contribution in [0, 0.1) is 23.2 Å². The van der Waals surface area contributed by atoms with Gasteiger partial charge in [-0.25, -0.2) is 4.79 Å². The zero-order chi connectivity index (χ0) is 30.4. The number of hydrogen-bond acceptors (Lipinski definition) is 6. The van der Waals surface area contributed by atoms with Crippen molar-refractivity contribution in [2.75, 3.05) is 17.2 Å². The zero-order valence-corrected chi connectivity index (χ0v) is 27.8. The summed E-state index contributed by atoms with van der Waals surface area (Å²) in [6, 6.07) is -1.36. The predicted molar refractivity (Wildman–Crippen MR) is 161 cm³/mol. The summed E-state index contributed by atoms with van der Waals surface area (Å²) in [5.74, 6) is -1.60. The lowest BCUT2D eigenvalue weighted by Crippen LogP contribution is -2.48. The number of Topliss-reactive ketones (excluding diaryl/α,β-unsaturated/α-hetero) is 2. The summed E-state index contributed by atoms with van der Waals surface area (Å²) in [6.07, 6.45) is 3.21. The first-order valence-electron chi connectivity index (χ1n) is 13.7. The summed E-state index contributed by atoms with van der Waals surface area (Å²) in [7, 11) is 0. The molecule has 0 saturated heterocycles. The number of amides is 3. The third-order valence-electron chi connectivity index (χ3n) is 6.50. The lowest BCUT2D eigenvalue weighted by atomic mass is 9.83. The molecule has 0 fully saturated rings. The van der Waals surface area contributed by atoms with E-state index in [0.717, 1.165) is 0 Å². The van der Waals surface area contributed by atoms with Crippen molar-refractivity contribution in [3.8, 4) is 0 Å². The Hall–Kier alpha value is -1.49. The van der Waals surface area contributed by atoms with Crippen molar-refractivity contribution in [2.24, 2.45) is 28.9 Å². The molecule has 0 rings (SSSR count). The molecule has 4 N–H and O–H groups in total. The quantitative estimate of drug-likeness (QED) is 0.0988. The van der Waals surface area contributed by atoms with Crippen LogP contribution in [0.1, 0.15) is 93.4 Å². The first kappa shape index (κ1) is 37.5. The summed E-state index contributed by atoms with van der Waals surface area (Å²) < 4.78 is 5.65. The van der Waals surface area contributed by atoms with Gasteiger partial charge in [-0.15, -0.1) is 0 Å². The van der Waals surface area contributed by atoms with Crippen molar-refractivity contribution in [3.63, 3.8) is 0 Å². The molecule has 0 bridgehead atoms. The number of nitrogens with two attached hydrogens (primary N) is 1. The third-order valence-corrected chi connectivity index (χ3v) is 8.06. The molecule has 0 spiro atoms. The van der Waals surface area contributed by atoms with E-state index in [4.69, 9.17) is 10.5 Å². The van der Waals surface area contributed by atoms with Crippen LogP contribution in [0.2, 0.25) is 0 Å². The van der Waals surface area contributed by atoms with Crippen LogP contribution in [0.3, 0.4) is 0 Å². The number of carbonyl (C=O) groups is 5. The fourth-order valence-corrected chi connectivity index (χ4v) is 5.61. The molecule has 0 aliphatic rings. The van der Waals surface area contributed by atoms with Crippen molar-refractivity contribution in [2.45, 2.75) is 105 Å². The smallest absolute Gasteiger partial charge is 0.312 e. The normalized spacial score (nSPS) is 13.6. The van der Waals surface area contributed by atoms with E-state index >= 15 is 0 Å². The maximum atomic E-state index is 13.2. The Kier molecular flexibility index (Phi) is 17.4. The number of halogens is 2. The van der Waals surface area contributed by atoms with Crippen LogP contribution >= 0.6 is 31.9 Å². The van der Waals surface area contributed by atoms with E-state index in [-0.39, 0.29) is 41.7 Å². The highest BCUT2D eigenvalue weighted by Crippen LogP contribution is 2.24. The Morgan fingerprint density at radius 1 is 0.923 bits per heavy atom. The largest absolute Gasteiger partial charge is 0.459 e. The second-order valence-corrected chi connectivity index (χ2v) is 13.4. The second kappa shape index (κ2) is 18.0. The van der Waals surface area contributed by atoms with Crippen LogP contribution < -0.4 is 16.4 Å². The average Bonchev–Trinajstić information content (AvgIpc) is 2.81. The number of alkyl halides is 2. The Morgan fingerprint density at radius 3 is 2.00 bits per heavy atom. The standard InChI is InChI=1S/C28H49Br2N3O6/c1-18(2)21(24(36)33-22(23(35)27(3,4)5)12-10-14-32-26(31)38)15-20(34)11-8-9-13-28(6,7)39-25(37)19(16-29)17-30/h18-19,21-22H,8-17H2,1-7H3,(H,33,36)(H3,31,32,38)/t21-,22-/m0/s1. The van der Waals surface area contributed by atoms with Crippen molar-refractivity contribution in [3.05, 3.63) is 0 Å². The first-order chi connectivity index (χ1) is 17.9. The van der Waals surface area contributed by atoms with Crippen LogP contribution in [0.15, 0.2) is 0 Å². The number of primary amides is 1. The fourth-order valence-electron chi connectivity index (χ4n) is 4.01. The zero-order valence-electron chi connectivity index (χ0n) is 24.7. The number of nitrogens with one attached hydrogen (secondary N) is 2. The van der Waals surface area contributed by atoms with Crippen LogP contribution in [0.5, 0.6) is 0 Å². The number of rotatable bonds is 19. The minimum atomic E-state index is -0.720. The highest BCUT2D eigenvalue weighted by Gasteiger charge is 2.33. The monoisotopic (exact) mass is 681 g/mol. The Bertz CT molecular complexity index is 823. The van der Waals surface area contributed by atoms with Crippen molar-refractivity contribution in [1.29, 1.82) is 0 Å². The summed E-state index contributed by atoms with van der Waals surface area (Å²) >= 11 is 6.64. The first-order valence-corrected chi connectivity index (χ1v) is 15.9. The van der Waals surface area contributed by atoms with E-state index in [0.29, 0.717) is 55.7 Å². The van der Waals surface area contributed by atoms with Gasteiger partial charge in [0.1, 0.15) is 11.4 Å². The highest BCUT2D eigenvalue weighted by atomic mass is 79.9. The molecule has 39 heavy (non-hydrogen) atoms. The molecule has 0 aromatic heterocycles. The van der Waals surface area contributed by atoms with E-state index in [9.17, 15) is 24.0 Å². The number of urea groups is 1. The Balaban J connectivity index is 4.99. The molecular formula is C28H49Br2N3O6. The van der Waals surface area contributed by atoms with Crippen LogP contribution in [0.4, 0.5) is 4.79 Å². The molecule has 0 aliphatic carbocycles. The van der Waals surface area contributed by atoms with Crippen LogP contribution in [-0.4, -0.2) is 58.3 Å². The van der Waals surface area contributed by atoms with Gasteiger partial charge in [0.25, 0.3) is 0 Å². The van der Waals surface area contributed by atoms with E-state index in [2.05, 4.69) is 42.5 Å². The molecule has 0 heterocycles. The summed E-state index contributed by atoms with van der Waals surface area (Å²) in [4.78, 5) is 62.2. The topological polar surface area (TPSA) is 145 Å². The predicted octanol–water partition coefficient (Wildman–Crippen LogP) is 5.05. The molecule has 3 amide bonds. The molecule has 11 heteroatoms. The van der Waals surface area contributed by atoms with Gasteiger partial charge < -0.3 is 21.1 Å². The van der Waals surface area contributed by atoms with Gasteiger partial charge in [-0.3, -0.25) is 19.2 Å². The van der Waals surface area contributed by atoms with E-state index in [1.54, 1.807) is 20.8 Å². The Labute approximate surface area is 251 Å². The molecule has 0 aromatic rings. The average molecular weight is 684 g/mol. The van der Waals surface area contributed by atoms with Gasteiger partial charge in [0.2, 0.25) is 5.91 Å². The molecule has 0 aliphatic heterocycles. The molecule has 2 atom stereocenters. The molecule has 0 unspecified atom stereocenters. The maximum absolute atomic E-state index is 13.2. The van der Waals surface area contributed by atoms with Crippen LogP contribution in [0.25, 0.3) is 0 Å². The number of esters is 1. The van der Waals surface area contributed by atoms with Gasteiger partial charge in [-0.1, -0.05) is 66.5 Å². The van der Waals surface area contributed by atoms with Crippen molar-refractivity contribution >= 4 is 61.3 Å². The molecule has 226 valence electrons. The van der Waals surface area contributed by atoms with E-state index in [1.165, 1.54) is 0 Å². The Morgan fingerprint density at radius 2 is 1.51 bits per heavy atom. The summed E-state index contributed by atoms with van der Waals surface area (Å²) in [5.41, 5.74) is 3.80. The number of ketones is 2. The van der Waals surface area contributed by atoms with Crippen molar-refractivity contribution < 1.29 is 28.7 Å². The van der Waals surface area contributed by atoms with Gasteiger partial charge in [0.15, 0.2) is 5.78 Å². The highest BCUT2D eigenvalue weighted by molar-refractivity contribution is 9.09.